The summed E-state index contributed by atoms with van der Waals surface area (Å²) < 4.78 is 0. The molecule has 2 aliphatic carbocycles. The fraction of sp³-hybridized carbons (Fsp3) is 0.0149. The van der Waals surface area contributed by atoms with Gasteiger partial charge in [0.2, 0.25) is 0 Å². The zero-order valence-corrected chi connectivity index (χ0v) is 37.8. The molecule has 0 saturated carbocycles. The van der Waals surface area contributed by atoms with E-state index in [0.29, 0.717) is 0 Å². The molecule has 11 aromatic carbocycles. The van der Waals surface area contributed by atoms with Crippen molar-refractivity contribution in [3.05, 3.63) is 289 Å². The smallest absolute Gasteiger partial charge is 0.0726 e. The second-order valence-electron chi connectivity index (χ2n) is 18.3. The lowest BCUT2D eigenvalue weighted by Gasteiger charge is -2.36. The molecule has 0 bridgehead atoms. The molecular weight excluding hydrogens is 833 g/mol. The molecule has 0 unspecified atom stereocenters. The first-order valence-corrected chi connectivity index (χ1v) is 23.9. The van der Waals surface area contributed by atoms with Crippen LogP contribution in [0, 0.1) is 0 Å². The largest absolute Gasteiger partial charge is 0.310 e. The fourth-order valence-corrected chi connectivity index (χ4v) is 12.0. The van der Waals surface area contributed by atoms with E-state index in [0.717, 1.165) is 34.1 Å². The highest BCUT2D eigenvalue weighted by Crippen LogP contribution is 2.62. The van der Waals surface area contributed by atoms with Gasteiger partial charge in [-0.15, -0.1) is 0 Å². The van der Waals surface area contributed by atoms with E-state index >= 15 is 0 Å². The lowest BCUT2D eigenvalue weighted by Crippen LogP contribution is -2.29. The zero-order chi connectivity index (χ0) is 45.5. The molecule has 0 radical (unpaired) electrons. The first kappa shape index (κ1) is 39.2. The molecule has 0 fully saturated rings. The van der Waals surface area contributed by atoms with Crippen LogP contribution >= 0.6 is 0 Å². The topological polar surface area (TPSA) is 6.48 Å². The summed E-state index contributed by atoms with van der Waals surface area (Å²) in [5.41, 5.74) is 26.0. The van der Waals surface area contributed by atoms with Crippen LogP contribution in [-0.4, -0.2) is 0 Å². The standard InChI is InChI=1S/C67H44N2/c1-3-19-45(20-4-1)46-35-37-48(38-36-46)68(49-39-41-53-58-28-12-17-33-65(58)69(47-21-5-2-6-22-47)66-34-18-13-29-59(66)60(53)43-49)50-40-42-57-56-27-11-16-32-63(56)67(64(57)44-50)61-30-14-9-25-54(61)51-23-7-8-24-52(51)55-26-10-15-31-62(55)67/h1-44H. The Morgan fingerprint density at radius 2 is 0.623 bits per heavy atom. The number of anilines is 6. The van der Waals surface area contributed by atoms with Gasteiger partial charge in [-0.1, -0.05) is 206 Å². The van der Waals surface area contributed by atoms with Crippen molar-refractivity contribution in [1.29, 1.82) is 0 Å². The molecule has 3 aliphatic rings. The van der Waals surface area contributed by atoms with Gasteiger partial charge in [-0.25, -0.2) is 0 Å². The van der Waals surface area contributed by atoms with Crippen molar-refractivity contribution < 1.29 is 0 Å². The number of benzene rings is 11. The number of rotatable bonds is 5. The van der Waals surface area contributed by atoms with E-state index in [2.05, 4.69) is 277 Å². The molecule has 11 aromatic rings. The maximum absolute atomic E-state index is 2.51. The van der Waals surface area contributed by atoms with E-state index in [4.69, 9.17) is 0 Å². The maximum atomic E-state index is 2.51. The van der Waals surface area contributed by atoms with Crippen LogP contribution in [0.1, 0.15) is 22.3 Å². The highest BCUT2D eigenvalue weighted by Gasteiger charge is 2.50. The molecule has 14 rings (SSSR count). The van der Waals surface area contributed by atoms with Crippen LogP contribution in [0.5, 0.6) is 0 Å². The summed E-state index contributed by atoms with van der Waals surface area (Å²) in [6.45, 7) is 0. The summed E-state index contributed by atoms with van der Waals surface area (Å²) in [7, 11) is 0. The van der Waals surface area contributed by atoms with E-state index in [1.807, 2.05) is 0 Å². The molecular formula is C67H44N2. The number of fused-ring (bicyclic) bond motifs is 17. The number of para-hydroxylation sites is 3. The van der Waals surface area contributed by atoms with Crippen LogP contribution in [-0.2, 0) is 5.41 Å². The monoisotopic (exact) mass is 876 g/mol. The van der Waals surface area contributed by atoms with Crippen LogP contribution in [0.25, 0.3) is 66.8 Å². The van der Waals surface area contributed by atoms with Crippen molar-refractivity contribution in [3.8, 4) is 66.8 Å². The average molecular weight is 877 g/mol. The summed E-state index contributed by atoms with van der Waals surface area (Å²) in [6.07, 6.45) is 0. The second kappa shape index (κ2) is 15.6. The van der Waals surface area contributed by atoms with E-state index in [-0.39, 0.29) is 0 Å². The average Bonchev–Trinajstić information content (AvgIpc) is 3.58. The quantitative estimate of drug-likeness (QED) is 0.170. The Bertz CT molecular complexity index is 3730. The highest BCUT2D eigenvalue weighted by atomic mass is 15.2. The number of hydrogen-bond donors (Lipinski definition) is 0. The van der Waals surface area contributed by atoms with Crippen molar-refractivity contribution in [2.45, 2.75) is 5.41 Å². The number of nitrogens with zero attached hydrogens (tertiary/aromatic N) is 2. The van der Waals surface area contributed by atoms with Gasteiger partial charge in [-0.2, -0.15) is 0 Å². The molecule has 2 heteroatoms. The Hall–Kier alpha value is -8.98. The van der Waals surface area contributed by atoms with Crippen molar-refractivity contribution in [2.75, 3.05) is 9.80 Å². The van der Waals surface area contributed by atoms with Crippen LogP contribution in [0.3, 0.4) is 0 Å². The van der Waals surface area contributed by atoms with Gasteiger partial charge in [0.25, 0.3) is 0 Å². The van der Waals surface area contributed by atoms with Crippen molar-refractivity contribution in [3.63, 3.8) is 0 Å². The minimum absolute atomic E-state index is 0.603. The summed E-state index contributed by atoms with van der Waals surface area (Å²) in [6, 6.07) is 99.0. The molecule has 1 heterocycles. The van der Waals surface area contributed by atoms with Crippen molar-refractivity contribution in [1.82, 2.24) is 0 Å². The van der Waals surface area contributed by atoms with E-state index in [1.165, 1.54) is 89.0 Å². The fourth-order valence-electron chi connectivity index (χ4n) is 12.0. The van der Waals surface area contributed by atoms with E-state index < -0.39 is 5.41 Å². The van der Waals surface area contributed by atoms with Gasteiger partial charge in [0.05, 0.1) is 16.8 Å². The normalized spacial score (nSPS) is 13.0. The van der Waals surface area contributed by atoms with Gasteiger partial charge in [0.1, 0.15) is 0 Å². The third-order valence-electron chi connectivity index (χ3n) is 14.8. The van der Waals surface area contributed by atoms with E-state index in [9.17, 15) is 0 Å². The zero-order valence-electron chi connectivity index (χ0n) is 37.8. The first-order chi connectivity index (χ1) is 34.3. The van der Waals surface area contributed by atoms with Crippen LogP contribution in [0.4, 0.5) is 34.1 Å². The molecule has 1 aliphatic heterocycles. The molecule has 0 amide bonds. The lowest BCUT2D eigenvalue weighted by molar-refractivity contribution is 0.775. The van der Waals surface area contributed by atoms with E-state index in [1.54, 1.807) is 0 Å². The van der Waals surface area contributed by atoms with Gasteiger partial charge in [-0.3, -0.25) is 0 Å². The maximum Gasteiger partial charge on any atom is 0.0726 e. The highest BCUT2D eigenvalue weighted by molar-refractivity contribution is 6.04. The summed E-state index contributed by atoms with van der Waals surface area (Å²) >= 11 is 0. The molecule has 0 atom stereocenters. The molecule has 0 aromatic heterocycles. The van der Waals surface area contributed by atoms with Crippen LogP contribution < -0.4 is 9.80 Å². The minimum atomic E-state index is -0.603. The third-order valence-corrected chi connectivity index (χ3v) is 14.8. The molecule has 69 heavy (non-hydrogen) atoms. The SMILES string of the molecule is c1ccc(-c2ccc(N(c3ccc4c(c3)-c3ccccc3N(c3ccccc3)c3ccccc3-4)c3ccc4c(c3)C3(c5ccccc5-c5ccccc5-c5ccccc53)c3ccccc3-4)cc2)cc1. The minimum Gasteiger partial charge on any atom is -0.310 e. The predicted molar refractivity (Wildman–Crippen MR) is 287 cm³/mol. The van der Waals surface area contributed by atoms with Crippen LogP contribution in [0.2, 0.25) is 0 Å². The molecule has 2 nitrogen and oxygen atoms in total. The van der Waals surface area contributed by atoms with Crippen molar-refractivity contribution >= 4 is 34.1 Å². The van der Waals surface area contributed by atoms with Gasteiger partial charge < -0.3 is 9.80 Å². The van der Waals surface area contributed by atoms with Gasteiger partial charge in [0, 0.05) is 33.9 Å². The Morgan fingerprint density at radius 3 is 1.20 bits per heavy atom. The first-order valence-electron chi connectivity index (χ1n) is 23.9. The van der Waals surface area contributed by atoms with Gasteiger partial charge >= 0.3 is 0 Å². The van der Waals surface area contributed by atoms with Crippen LogP contribution in [0.15, 0.2) is 267 Å². The Morgan fingerprint density at radius 1 is 0.246 bits per heavy atom. The molecule has 1 spiro atoms. The molecule has 322 valence electrons. The third kappa shape index (κ3) is 5.86. The van der Waals surface area contributed by atoms with Gasteiger partial charge in [0.15, 0.2) is 0 Å². The number of hydrogen-bond acceptors (Lipinski definition) is 2. The molecule has 0 saturated heterocycles. The predicted octanol–water partition coefficient (Wildman–Crippen LogP) is 18.0. The second-order valence-corrected chi connectivity index (χ2v) is 18.3. The van der Waals surface area contributed by atoms with Crippen molar-refractivity contribution in [2.24, 2.45) is 0 Å². The molecule has 0 N–H and O–H groups in total. The lowest BCUT2D eigenvalue weighted by atomic mass is 9.66. The Labute approximate surface area is 403 Å². The summed E-state index contributed by atoms with van der Waals surface area (Å²) in [5.74, 6) is 0. The Kier molecular flexibility index (Phi) is 8.84. The van der Waals surface area contributed by atoms with Gasteiger partial charge in [-0.05, 0) is 139 Å². The summed E-state index contributed by atoms with van der Waals surface area (Å²) in [5, 5.41) is 0. The summed E-state index contributed by atoms with van der Waals surface area (Å²) in [4.78, 5) is 4.90. The Balaban J connectivity index is 1.03.